The van der Waals surface area contributed by atoms with Crippen molar-refractivity contribution in [1.29, 1.82) is 0 Å². The summed E-state index contributed by atoms with van der Waals surface area (Å²) in [7, 11) is 5.70. The van der Waals surface area contributed by atoms with Crippen LogP contribution in [0.1, 0.15) is 38.2 Å². The van der Waals surface area contributed by atoms with Crippen LogP contribution in [0.25, 0.3) is 0 Å². The third kappa shape index (κ3) is 5.70. The zero-order valence-corrected chi connectivity index (χ0v) is 20.9. The molecule has 1 aromatic carbocycles. The number of ether oxygens (including phenoxy) is 2. The van der Waals surface area contributed by atoms with Gasteiger partial charge in [0, 0.05) is 34.2 Å². The van der Waals surface area contributed by atoms with Crippen LogP contribution in [0.3, 0.4) is 0 Å². The molecule has 7 nitrogen and oxygen atoms in total. The van der Waals surface area contributed by atoms with Gasteiger partial charge in [-0.15, -0.1) is 24.0 Å². The fraction of sp³-hybridized carbons (Fsp3) is 0.636. The van der Waals surface area contributed by atoms with Gasteiger partial charge in [-0.2, -0.15) is 0 Å². The molecule has 2 aliphatic rings. The van der Waals surface area contributed by atoms with Crippen LogP contribution in [0.5, 0.6) is 11.5 Å². The number of carbonyl (C=O) groups excluding carboxylic acids is 1. The Kier molecular flexibility index (Phi) is 9.06. The molecule has 0 saturated heterocycles. The molecule has 0 spiro atoms. The average Bonchev–Trinajstić information content (AvgIpc) is 3.20. The summed E-state index contributed by atoms with van der Waals surface area (Å²) in [6.45, 7) is 5.23. The van der Waals surface area contributed by atoms with Crippen molar-refractivity contribution >= 4 is 35.8 Å². The summed E-state index contributed by atoms with van der Waals surface area (Å²) in [5.74, 6) is 2.61. The molecule has 1 amide bonds. The van der Waals surface area contributed by atoms with E-state index in [2.05, 4.69) is 23.2 Å². The van der Waals surface area contributed by atoms with E-state index >= 15 is 0 Å². The van der Waals surface area contributed by atoms with Crippen LogP contribution in [0.15, 0.2) is 23.2 Å². The van der Waals surface area contributed by atoms with E-state index in [1.54, 1.807) is 4.90 Å². The summed E-state index contributed by atoms with van der Waals surface area (Å²) in [6, 6.07) is 6.05. The van der Waals surface area contributed by atoms with Crippen LogP contribution in [0, 0.1) is 5.41 Å². The number of nitrogens with zero attached hydrogens (tertiary/aromatic N) is 3. The lowest BCUT2D eigenvalue weighted by molar-refractivity contribution is -0.138. The Morgan fingerprint density at radius 1 is 1.13 bits per heavy atom. The average molecular weight is 530 g/mol. The van der Waals surface area contributed by atoms with Gasteiger partial charge in [0.1, 0.15) is 13.2 Å². The fourth-order valence-electron chi connectivity index (χ4n) is 4.20. The Morgan fingerprint density at radius 3 is 2.43 bits per heavy atom. The minimum Gasteiger partial charge on any atom is -0.486 e. The molecule has 1 aliphatic heterocycles. The van der Waals surface area contributed by atoms with Gasteiger partial charge in [0.15, 0.2) is 17.5 Å². The first-order valence-electron chi connectivity index (χ1n) is 10.5. The van der Waals surface area contributed by atoms with Crippen molar-refractivity contribution in [2.45, 2.75) is 39.2 Å². The van der Waals surface area contributed by atoms with E-state index in [9.17, 15) is 4.79 Å². The van der Waals surface area contributed by atoms with Gasteiger partial charge < -0.3 is 24.6 Å². The van der Waals surface area contributed by atoms with Gasteiger partial charge in [0.05, 0.1) is 12.0 Å². The molecule has 0 bridgehead atoms. The maximum Gasteiger partial charge on any atom is 0.230 e. The normalized spacial score (nSPS) is 17.1. The van der Waals surface area contributed by atoms with E-state index in [4.69, 9.17) is 14.5 Å². The molecule has 1 fully saturated rings. The summed E-state index contributed by atoms with van der Waals surface area (Å²) in [5.41, 5.74) is 0.768. The minimum absolute atomic E-state index is 0. The van der Waals surface area contributed by atoms with E-state index in [1.807, 2.05) is 33.3 Å². The molecule has 1 heterocycles. The SMILES string of the molecule is CCNC(=NCC1(C(=O)N(C)C)CCCC1)N(C)Cc1ccc2c(c1)OCCO2.I. The standard InChI is InChI=1S/C22H34N4O3.HI/c1-5-23-21(24-16-22(10-6-7-11-22)20(27)25(2)3)26(4)15-17-8-9-18-19(14-17)29-13-12-28-18;/h8-9,14H,5-7,10-13,15-16H2,1-4H3,(H,23,24);1H. The lowest BCUT2D eigenvalue weighted by atomic mass is 9.85. The van der Waals surface area contributed by atoms with Crippen LogP contribution in [-0.2, 0) is 11.3 Å². The topological polar surface area (TPSA) is 66.4 Å². The Hall–Kier alpha value is -1.71. The number of fused-ring (bicyclic) bond motifs is 1. The van der Waals surface area contributed by atoms with E-state index < -0.39 is 0 Å². The van der Waals surface area contributed by atoms with E-state index in [1.165, 1.54) is 0 Å². The molecule has 3 rings (SSSR count). The van der Waals surface area contributed by atoms with Crippen molar-refractivity contribution in [3.63, 3.8) is 0 Å². The van der Waals surface area contributed by atoms with Crippen molar-refractivity contribution in [2.24, 2.45) is 10.4 Å². The van der Waals surface area contributed by atoms with Crippen LogP contribution in [0.2, 0.25) is 0 Å². The highest BCUT2D eigenvalue weighted by atomic mass is 127. The van der Waals surface area contributed by atoms with Gasteiger partial charge in [-0.05, 0) is 37.5 Å². The van der Waals surface area contributed by atoms with E-state index in [0.717, 1.165) is 55.3 Å². The Balaban J connectivity index is 0.00000320. The number of halogens is 1. The van der Waals surface area contributed by atoms with Crippen molar-refractivity contribution < 1.29 is 14.3 Å². The zero-order valence-electron chi connectivity index (χ0n) is 18.6. The predicted octanol–water partition coefficient (Wildman–Crippen LogP) is 3.12. The van der Waals surface area contributed by atoms with Gasteiger partial charge in [0.25, 0.3) is 0 Å². The van der Waals surface area contributed by atoms with Crippen LogP contribution >= 0.6 is 24.0 Å². The molecule has 1 saturated carbocycles. The second-order valence-corrected chi connectivity index (χ2v) is 8.19. The molecule has 8 heteroatoms. The molecule has 1 N–H and O–H groups in total. The quantitative estimate of drug-likeness (QED) is 0.348. The molecular weight excluding hydrogens is 495 g/mol. The summed E-state index contributed by atoms with van der Waals surface area (Å²) >= 11 is 0. The number of guanidine groups is 1. The maximum absolute atomic E-state index is 12.8. The third-order valence-electron chi connectivity index (χ3n) is 5.67. The highest BCUT2D eigenvalue weighted by Crippen LogP contribution is 2.40. The van der Waals surface area contributed by atoms with Crippen molar-refractivity contribution in [3.8, 4) is 11.5 Å². The van der Waals surface area contributed by atoms with Gasteiger partial charge >= 0.3 is 0 Å². The van der Waals surface area contributed by atoms with Gasteiger partial charge in [-0.25, -0.2) is 0 Å². The van der Waals surface area contributed by atoms with Crippen molar-refractivity contribution in [3.05, 3.63) is 23.8 Å². The van der Waals surface area contributed by atoms with Crippen molar-refractivity contribution in [1.82, 2.24) is 15.1 Å². The number of hydrogen-bond acceptors (Lipinski definition) is 4. The molecule has 0 atom stereocenters. The molecular formula is C22H35IN4O3. The van der Waals surface area contributed by atoms with E-state index in [0.29, 0.717) is 26.3 Å². The first-order valence-corrected chi connectivity index (χ1v) is 10.5. The summed E-state index contributed by atoms with van der Waals surface area (Å²) < 4.78 is 11.3. The first kappa shape index (κ1) is 24.6. The largest absolute Gasteiger partial charge is 0.486 e. The number of nitrogens with one attached hydrogen (secondary N) is 1. The van der Waals surface area contributed by atoms with Crippen LogP contribution in [-0.4, -0.2) is 69.1 Å². The number of aliphatic imine (C=N–C) groups is 1. The second kappa shape index (κ2) is 11.1. The molecule has 168 valence electrons. The Labute approximate surface area is 197 Å². The number of hydrogen-bond donors (Lipinski definition) is 1. The molecule has 1 aliphatic carbocycles. The number of rotatable bonds is 6. The number of carbonyl (C=O) groups is 1. The molecule has 1 aromatic rings. The Bertz CT molecular complexity index is 748. The van der Waals surface area contributed by atoms with E-state index in [-0.39, 0.29) is 35.3 Å². The van der Waals surface area contributed by atoms with Crippen LogP contribution in [0.4, 0.5) is 0 Å². The number of benzene rings is 1. The number of amides is 1. The minimum atomic E-state index is -0.359. The third-order valence-corrected chi connectivity index (χ3v) is 5.67. The monoisotopic (exact) mass is 530 g/mol. The van der Waals surface area contributed by atoms with Gasteiger partial charge in [-0.3, -0.25) is 9.79 Å². The molecule has 0 aromatic heterocycles. The highest BCUT2D eigenvalue weighted by molar-refractivity contribution is 14.0. The van der Waals surface area contributed by atoms with Gasteiger partial charge in [-0.1, -0.05) is 18.9 Å². The lowest BCUT2D eigenvalue weighted by Crippen LogP contribution is -2.43. The lowest BCUT2D eigenvalue weighted by Gasteiger charge is -2.30. The summed E-state index contributed by atoms with van der Waals surface area (Å²) in [5, 5.41) is 3.37. The smallest absolute Gasteiger partial charge is 0.230 e. The van der Waals surface area contributed by atoms with Gasteiger partial charge in [0.2, 0.25) is 5.91 Å². The van der Waals surface area contributed by atoms with Crippen LogP contribution < -0.4 is 14.8 Å². The molecule has 0 unspecified atom stereocenters. The zero-order chi connectivity index (χ0) is 20.9. The molecule has 30 heavy (non-hydrogen) atoms. The Morgan fingerprint density at radius 2 is 1.80 bits per heavy atom. The summed E-state index contributed by atoms with van der Waals surface area (Å²) in [6.07, 6.45) is 4.02. The fourth-order valence-corrected chi connectivity index (χ4v) is 4.20. The summed E-state index contributed by atoms with van der Waals surface area (Å²) in [4.78, 5) is 21.5. The first-order chi connectivity index (χ1) is 13.9. The maximum atomic E-state index is 12.8. The highest BCUT2D eigenvalue weighted by Gasteiger charge is 2.42. The predicted molar refractivity (Wildman–Crippen MR) is 130 cm³/mol. The van der Waals surface area contributed by atoms with Crippen molar-refractivity contribution in [2.75, 3.05) is 47.4 Å². The second-order valence-electron chi connectivity index (χ2n) is 8.19. The molecule has 0 radical (unpaired) electrons.